The number of hydrogen-bond acceptors (Lipinski definition) is 6. The molecule has 2 unspecified atom stereocenters. The van der Waals surface area contributed by atoms with Crippen molar-refractivity contribution < 1.29 is 27.9 Å². The topological polar surface area (TPSA) is 91.6 Å². The Labute approximate surface area is 168 Å². The van der Waals surface area contributed by atoms with Crippen LogP contribution in [-0.4, -0.2) is 61.5 Å². The molecule has 1 amide bonds. The summed E-state index contributed by atoms with van der Waals surface area (Å²) >= 11 is 1.69. The van der Waals surface area contributed by atoms with Crippen molar-refractivity contribution in [1.82, 2.24) is 19.7 Å². The van der Waals surface area contributed by atoms with E-state index in [9.17, 15) is 18.0 Å². The lowest BCUT2D eigenvalue weighted by Gasteiger charge is -2.24. The van der Waals surface area contributed by atoms with E-state index in [-0.39, 0.29) is 11.9 Å². The van der Waals surface area contributed by atoms with Gasteiger partial charge >= 0.3 is 12.1 Å². The zero-order valence-electron chi connectivity index (χ0n) is 15.8. The number of fused-ring (bicyclic) bond motifs is 1. The minimum Gasteiger partial charge on any atom is -0.475 e. The summed E-state index contributed by atoms with van der Waals surface area (Å²) in [6, 6.07) is 0.575. The van der Waals surface area contributed by atoms with Gasteiger partial charge in [-0.3, -0.25) is 14.4 Å². The van der Waals surface area contributed by atoms with Crippen LogP contribution in [0.5, 0.6) is 0 Å². The van der Waals surface area contributed by atoms with Crippen molar-refractivity contribution in [1.29, 1.82) is 0 Å². The summed E-state index contributed by atoms with van der Waals surface area (Å²) in [5.41, 5.74) is 2.04. The molecule has 29 heavy (non-hydrogen) atoms. The van der Waals surface area contributed by atoms with Crippen molar-refractivity contribution in [3.8, 4) is 0 Å². The molecule has 2 atom stereocenters. The highest BCUT2D eigenvalue weighted by atomic mass is 32.1. The molecule has 4 rings (SSSR count). The first kappa shape index (κ1) is 21.2. The van der Waals surface area contributed by atoms with E-state index >= 15 is 0 Å². The van der Waals surface area contributed by atoms with Gasteiger partial charge < -0.3 is 10.0 Å². The molecule has 0 aliphatic carbocycles. The van der Waals surface area contributed by atoms with Crippen LogP contribution in [0.15, 0.2) is 17.8 Å². The Balaban J connectivity index is 0.000000298. The zero-order valence-corrected chi connectivity index (χ0v) is 16.6. The van der Waals surface area contributed by atoms with Gasteiger partial charge in [-0.2, -0.15) is 18.3 Å². The SMILES string of the molecule is Cc1nc(CN2CCC3C2CC(=O)N3c2cnn(C)c2)cs1.O=C(O)C(F)(F)F. The molecule has 4 heterocycles. The van der Waals surface area contributed by atoms with Gasteiger partial charge in [0.1, 0.15) is 0 Å². The van der Waals surface area contributed by atoms with Crippen molar-refractivity contribution in [2.24, 2.45) is 7.05 Å². The highest BCUT2D eigenvalue weighted by Crippen LogP contribution is 2.36. The van der Waals surface area contributed by atoms with Crippen LogP contribution >= 0.6 is 11.3 Å². The van der Waals surface area contributed by atoms with Gasteiger partial charge in [-0.25, -0.2) is 9.78 Å². The van der Waals surface area contributed by atoms with E-state index in [1.165, 1.54) is 0 Å². The molecule has 2 aliphatic heterocycles. The molecule has 1 N–H and O–H groups in total. The smallest absolute Gasteiger partial charge is 0.475 e. The van der Waals surface area contributed by atoms with Crippen LogP contribution in [0.1, 0.15) is 23.5 Å². The second-order valence-corrected chi connectivity index (χ2v) is 7.96. The minimum absolute atomic E-state index is 0.210. The van der Waals surface area contributed by atoms with E-state index in [0.717, 1.165) is 35.9 Å². The Morgan fingerprint density at radius 2 is 2.07 bits per heavy atom. The number of carbonyl (C=O) groups is 2. The number of halogens is 3. The fraction of sp³-hybridized carbons (Fsp3) is 0.529. The van der Waals surface area contributed by atoms with Crippen LogP contribution in [0.25, 0.3) is 0 Å². The Kier molecular flexibility index (Phi) is 5.94. The molecule has 2 aromatic rings. The predicted octanol–water partition coefficient (Wildman–Crippen LogP) is 2.20. The van der Waals surface area contributed by atoms with Crippen molar-refractivity contribution in [3.63, 3.8) is 0 Å². The lowest BCUT2D eigenvalue weighted by atomic mass is 10.1. The van der Waals surface area contributed by atoms with Gasteiger partial charge in [0.2, 0.25) is 5.91 Å². The van der Waals surface area contributed by atoms with Crippen LogP contribution in [0, 0.1) is 6.92 Å². The van der Waals surface area contributed by atoms with Crippen molar-refractivity contribution in [3.05, 3.63) is 28.5 Å². The van der Waals surface area contributed by atoms with E-state index in [1.807, 2.05) is 25.1 Å². The summed E-state index contributed by atoms with van der Waals surface area (Å²) < 4.78 is 33.5. The van der Waals surface area contributed by atoms with Crippen LogP contribution in [0.2, 0.25) is 0 Å². The summed E-state index contributed by atoms with van der Waals surface area (Å²) in [7, 11) is 1.88. The van der Waals surface area contributed by atoms with Gasteiger partial charge in [-0.1, -0.05) is 0 Å². The fourth-order valence-corrected chi connectivity index (χ4v) is 4.29. The van der Waals surface area contributed by atoms with Gasteiger partial charge in [0.25, 0.3) is 0 Å². The lowest BCUT2D eigenvalue weighted by molar-refractivity contribution is -0.192. The van der Waals surface area contributed by atoms with Gasteiger partial charge in [0.05, 0.1) is 28.6 Å². The maximum atomic E-state index is 12.4. The minimum atomic E-state index is -5.08. The number of carboxylic acid groups (broad SMARTS) is 1. The number of aromatic nitrogens is 3. The van der Waals surface area contributed by atoms with E-state index < -0.39 is 12.1 Å². The molecule has 158 valence electrons. The quantitative estimate of drug-likeness (QED) is 0.801. The molecule has 12 heteroatoms. The van der Waals surface area contributed by atoms with Gasteiger partial charge in [-0.05, 0) is 13.3 Å². The third kappa shape index (κ3) is 4.75. The van der Waals surface area contributed by atoms with E-state index in [4.69, 9.17) is 9.90 Å². The molecule has 2 aromatic heterocycles. The fourth-order valence-electron chi connectivity index (χ4n) is 3.68. The highest BCUT2D eigenvalue weighted by molar-refractivity contribution is 7.09. The standard InChI is InChI=1S/C15H19N5OS.C2HF3O2/c1-10-17-11(9-22-10)7-19-4-3-13-14(19)5-15(21)20(13)12-6-16-18(2)8-12;3-2(4,5)1(6)7/h6,8-9,13-14H,3-5,7H2,1-2H3;(H,6,7). The van der Waals surface area contributed by atoms with Gasteiger partial charge in [-0.15, -0.1) is 11.3 Å². The van der Waals surface area contributed by atoms with Crippen LogP contribution < -0.4 is 4.90 Å². The lowest BCUT2D eigenvalue weighted by Crippen LogP contribution is -2.37. The number of likely N-dealkylation sites (tertiary alicyclic amines) is 1. The number of thiazole rings is 1. The monoisotopic (exact) mass is 431 g/mol. The summed E-state index contributed by atoms with van der Waals surface area (Å²) in [4.78, 5) is 30.3. The van der Waals surface area contributed by atoms with Crippen LogP contribution in [0.4, 0.5) is 18.9 Å². The second kappa shape index (κ2) is 8.11. The van der Waals surface area contributed by atoms with E-state index in [2.05, 4.69) is 20.4 Å². The number of hydrogen-bond donors (Lipinski definition) is 1. The Morgan fingerprint density at radius 3 is 2.59 bits per heavy atom. The third-order valence-electron chi connectivity index (χ3n) is 4.85. The summed E-state index contributed by atoms with van der Waals surface area (Å²) in [6.07, 6.45) is 0.247. The molecular weight excluding hydrogens is 411 g/mol. The molecule has 2 fully saturated rings. The van der Waals surface area contributed by atoms with Crippen molar-refractivity contribution in [2.75, 3.05) is 11.4 Å². The third-order valence-corrected chi connectivity index (χ3v) is 5.68. The van der Waals surface area contributed by atoms with E-state index in [0.29, 0.717) is 12.5 Å². The molecule has 0 aromatic carbocycles. The van der Waals surface area contributed by atoms with Crippen LogP contribution in [0.3, 0.4) is 0 Å². The van der Waals surface area contributed by atoms with Gasteiger partial charge in [0, 0.05) is 44.2 Å². The maximum absolute atomic E-state index is 12.4. The number of carbonyl (C=O) groups excluding carboxylic acids is 1. The Bertz CT molecular complexity index is 897. The number of carboxylic acids is 1. The first-order valence-corrected chi connectivity index (χ1v) is 9.70. The molecule has 8 nitrogen and oxygen atoms in total. The number of rotatable bonds is 3. The van der Waals surface area contributed by atoms with Crippen LogP contribution in [-0.2, 0) is 23.2 Å². The molecule has 2 saturated heterocycles. The zero-order chi connectivity index (χ0) is 21.3. The molecule has 0 saturated carbocycles. The van der Waals surface area contributed by atoms with Gasteiger partial charge in [0.15, 0.2) is 0 Å². The normalized spacial score (nSPS) is 21.8. The number of aryl methyl sites for hydroxylation is 2. The maximum Gasteiger partial charge on any atom is 0.490 e. The average molecular weight is 431 g/mol. The molecule has 0 spiro atoms. The van der Waals surface area contributed by atoms with Crippen molar-refractivity contribution >= 4 is 28.9 Å². The second-order valence-electron chi connectivity index (χ2n) is 6.89. The molecule has 0 bridgehead atoms. The first-order chi connectivity index (χ1) is 13.6. The molecule has 2 aliphatic rings. The summed E-state index contributed by atoms with van der Waals surface area (Å²) in [5.74, 6) is -2.55. The number of anilines is 1. The Hall–Kier alpha value is -2.47. The van der Waals surface area contributed by atoms with Crippen molar-refractivity contribution in [2.45, 2.75) is 44.6 Å². The number of aliphatic carboxylic acids is 1. The number of nitrogens with zero attached hydrogens (tertiary/aromatic N) is 5. The number of alkyl halides is 3. The highest BCUT2D eigenvalue weighted by Gasteiger charge is 2.47. The van der Waals surface area contributed by atoms with E-state index in [1.54, 1.807) is 22.2 Å². The Morgan fingerprint density at radius 1 is 1.38 bits per heavy atom. The largest absolute Gasteiger partial charge is 0.490 e. The first-order valence-electron chi connectivity index (χ1n) is 8.82. The predicted molar refractivity (Wildman–Crippen MR) is 98.5 cm³/mol. The molecule has 0 radical (unpaired) electrons. The number of amides is 1. The summed E-state index contributed by atoms with van der Waals surface area (Å²) in [5, 5.41) is 14.6. The molecular formula is C17H20F3N5O3S. The average Bonchev–Trinajstić information content (AvgIpc) is 3.36. The summed E-state index contributed by atoms with van der Waals surface area (Å²) in [6.45, 7) is 3.90.